The Labute approximate surface area is 162 Å². The van der Waals surface area contributed by atoms with Gasteiger partial charge < -0.3 is 15.0 Å². The van der Waals surface area contributed by atoms with Crippen LogP contribution in [0.25, 0.3) is 0 Å². The molecule has 0 radical (unpaired) electrons. The fourth-order valence-corrected chi connectivity index (χ4v) is 3.26. The van der Waals surface area contributed by atoms with Crippen molar-refractivity contribution in [1.29, 1.82) is 0 Å². The number of imide groups is 1. The third-order valence-corrected chi connectivity index (χ3v) is 4.67. The van der Waals surface area contributed by atoms with Crippen LogP contribution in [0.3, 0.4) is 0 Å². The maximum atomic E-state index is 12.8. The van der Waals surface area contributed by atoms with Crippen LogP contribution < -0.4 is 15.4 Å². The van der Waals surface area contributed by atoms with E-state index in [9.17, 15) is 14.4 Å². The maximum Gasteiger partial charge on any atom is 0.321 e. The van der Waals surface area contributed by atoms with E-state index >= 15 is 0 Å². The Balaban J connectivity index is 1.68. The molecule has 2 heterocycles. The van der Waals surface area contributed by atoms with Crippen LogP contribution in [0.1, 0.15) is 27.9 Å². The van der Waals surface area contributed by atoms with Crippen LogP contribution in [-0.4, -0.2) is 47.9 Å². The summed E-state index contributed by atoms with van der Waals surface area (Å²) in [5.74, 6) is 0.531. The lowest BCUT2D eigenvalue weighted by atomic mass is 10.1. The molecule has 1 aromatic carbocycles. The van der Waals surface area contributed by atoms with Crippen LogP contribution in [0.4, 0.5) is 4.79 Å². The van der Waals surface area contributed by atoms with E-state index in [2.05, 4.69) is 15.6 Å². The summed E-state index contributed by atoms with van der Waals surface area (Å²) in [6.07, 6.45) is 5.08. The number of methoxy groups -OCH3 is 1. The summed E-state index contributed by atoms with van der Waals surface area (Å²) in [6, 6.07) is 8.34. The van der Waals surface area contributed by atoms with E-state index in [-0.39, 0.29) is 11.9 Å². The van der Waals surface area contributed by atoms with E-state index in [4.69, 9.17) is 4.74 Å². The van der Waals surface area contributed by atoms with E-state index in [0.29, 0.717) is 43.7 Å². The number of ether oxygens (including phenoxy) is 1. The average molecular weight is 382 g/mol. The molecule has 8 nitrogen and oxygen atoms in total. The number of rotatable bonds is 8. The molecule has 1 aliphatic heterocycles. The van der Waals surface area contributed by atoms with Gasteiger partial charge in [0, 0.05) is 37.1 Å². The maximum absolute atomic E-state index is 12.8. The van der Waals surface area contributed by atoms with Crippen molar-refractivity contribution >= 4 is 18.3 Å². The first-order valence-corrected chi connectivity index (χ1v) is 8.96. The van der Waals surface area contributed by atoms with Crippen molar-refractivity contribution in [3.63, 3.8) is 0 Å². The first-order valence-electron chi connectivity index (χ1n) is 8.96. The minimum absolute atomic E-state index is 0.0992. The number of nitrogens with zero attached hydrogens (tertiary/aromatic N) is 2. The topological polar surface area (TPSA) is 101 Å². The molecule has 2 aromatic rings. The normalized spacial score (nSPS) is 13.6. The van der Waals surface area contributed by atoms with Crippen LogP contribution >= 0.6 is 0 Å². The second kappa shape index (κ2) is 8.98. The quantitative estimate of drug-likeness (QED) is 0.674. The van der Waals surface area contributed by atoms with Gasteiger partial charge in [-0.15, -0.1) is 0 Å². The van der Waals surface area contributed by atoms with Crippen molar-refractivity contribution < 1.29 is 19.1 Å². The smallest absolute Gasteiger partial charge is 0.321 e. The number of fused-ring (bicyclic) bond motifs is 1. The minimum atomic E-state index is -0.586. The van der Waals surface area contributed by atoms with Crippen LogP contribution in [0.2, 0.25) is 0 Å². The Hall–Kier alpha value is -3.42. The summed E-state index contributed by atoms with van der Waals surface area (Å²) in [7, 11) is 1.56. The second-order valence-corrected chi connectivity index (χ2v) is 6.54. The first-order chi connectivity index (χ1) is 13.6. The molecule has 0 unspecified atom stereocenters. The summed E-state index contributed by atoms with van der Waals surface area (Å²) in [5.41, 5.74) is 2.57. The van der Waals surface area contributed by atoms with E-state index in [0.717, 1.165) is 11.1 Å². The van der Waals surface area contributed by atoms with Crippen molar-refractivity contribution in [3.05, 3.63) is 59.4 Å². The molecule has 0 saturated carbocycles. The Morgan fingerprint density at radius 3 is 2.96 bits per heavy atom. The van der Waals surface area contributed by atoms with E-state index in [1.165, 1.54) is 0 Å². The number of hydrogen-bond donors (Lipinski definition) is 2. The molecule has 146 valence electrons. The molecule has 2 N–H and O–H groups in total. The molecule has 0 spiro atoms. The molecule has 0 fully saturated rings. The van der Waals surface area contributed by atoms with Crippen molar-refractivity contribution in [2.75, 3.05) is 13.7 Å². The average Bonchev–Trinajstić information content (AvgIpc) is 3.02. The van der Waals surface area contributed by atoms with Crippen LogP contribution in [0.15, 0.2) is 42.7 Å². The second-order valence-electron chi connectivity index (χ2n) is 6.54. The molecule has 3 rings (SSSR count). The number of pyridine rings is 1. The number of carbonyl (C=O) groups is 3. The van der Waals surface area contributed by atoms with Gasteiger partial charge in [0.25, 0.3) is 5.91 Å². The SMILES string of the molecule is COc1ccc2c(c1)C(=O)N(C[C@@H](CCc1cccnc1)NC(=O)NC=O)C2. The van der Waals surface area contributed by atoms with E-state index < -0.39 is 6.03 Å². The molecule has 4 amide bonds. The molecule has 28 heavy (non-hydrogen) atoms. The highest BCUT2D eigenvalue weighted by molar-refractivity contribution is 5.98. The number of aromatic nitrogens is 1. The van der Waals surface area contributed by atoms with Crippen LogP contribution in [0, 0.1) is 0 Å². The largest absolute Gasteiger partial charge is 0.497 e. The molecule has 1 atom stereocenters. The van der Waals surface area contributed by atoms with Gasteiger partial charge in [-0.3, -0.25) is 19.9 Å². The van der Waals surface area contributed by atoms with E-state index in [1.807, 2.05) is 24.3 Å². The molecule has 1 aromatic heterocycles. The third-order valence-electron chi connectivity index (χ3n) is 4.67. The zero-order chi connectivity index (χ0) is 19.9. The minimum Gasteiger partial charge on any atom is -0.497 e. The zero-order valence-corrected chi connectivity index (χ0v) is 15.6. The van der Waals surface area contributed by atoms with Gasteiger partial charge in [-0.1, -0.05) is 12.1 Å². The highest BCUT2D eigenvalue weighted by Gasteiger charge is 2.30. The van der Waals surface area contributed by atoms with Gasteiger partial charge in [-0.25, -0.2) is 4.79 Å². The van der Waals surface area contributed by atoms with Crippen molar-refractivity contribution in [3.8, 4) is 5.75 Å². The number of hydrogen-bond acceptors (Lipinski definition) is 5. The summed E-state index contributed by atoms with van der Waals surface area (Å²) in [6.45, 7) is 0.806. The molecular formula is C20H22N4O4. The first kappa shape index (κ1) is 19.3. The fourth-order valence-electron chi connectivity index (χ4n) is 3.26. The van der Waals surface area contributed by atoms with Gasteiger partial charge >= 0.3 is 6.03 Å². The molecule has 8 heteroatoms. The lowest BCUT2D eigenvalue weighted by molar-refractivity contribution is -0.108. The molecule has 0 saturated heterocycles. The van der Waals surface area contributed by atoms with Gasteiger partial charge in [-0.05, 0) is 42.2 Å². The van der Waals surface area contributed by atoms with Gasteiger partial charge in [0.15, 0.2) is 0 Å². The predicted octanol–water partition coefficient (Wildman–Crippen LogP) is 1.50. The zero-order valence-electron chi connectivity index (χ0n) is 15.6. The number of aryl methyl sites for hydroxylation is 1. The molecular weight excluding hydrogens is 360 g/mol. The Kier molecular flexibility index (Phi) is 6.21. The van der Waals surface area contributed by atoms with Crippen molar-refractivity contribution in [2.24, 2.45) is 0 Å². The summed E-state index contributed by atoms with van der Waals surface area (Å²) in [5, 5.41) is 4.84. The predicted molar refractivity (Wildman–Crippen MR) is 102 cm³/mol. The molecule has 0 aliphatic carbocycles. The van der Waals surface area contributed by atoms with Gasteiger partial charge in [0.2, 0.25) is 6.41 Å². The monoisotopic (exact) mass is 382 g/mol. The molecule has 0 bridgehead atoms. The van der Waals surface area contributed by atoms with Crippen LogP contribution in [0.5, 0.6) is 5.75 Å². The number of benzene rings is 1. The van der Waals surface area contributed by atoms with Gasteiger partial charge in [0.1, 0.15) is 5.75 Å². The summed E-state index contributed by atoms with van der Waals surface area (Å²) in [4.78, 5) is 40.9. The highest BCUT2D eigenvalue weighted by Crippen LogP contribution is 2.27. The number of carbonyl (C=O) groups excluding carboxylic acids is 3. The van der Waals surface area contributed by atoms with Crippen molar-refractivity contribution in [1.82, 2.24) is 20.5 Å². The van der Waals surface area contributed by atoms with Crippen LogP contribution in [-0.2, 0) is 17.8 Å². The lowest BCUT2D eigenvalue weighted by Crippen LogP contribution is -2.47. The Morgan fingerprint density at radius 2 is 2.25 bits per heavy atom. The highest BCUT2D eigenvalue weighted by atomic mass is 16.5. The Bertz CT molecular complexity index is 857. The summed E-state index contributed by atoms with van der Waals surface area (Å²) < 4.78 is 5.20. The lowest BCUT2D eigenvalue weighted by Gasteiger charge is -2.24. The van der Waals surface area contributed by atoms with E-state index in [1.54, 1.807) is 30.5 Å². The summed E-state index contributed by atoms with van der Waals surface area (Å²) >= 11 is 0. The van der Waals surface area contributed by atoms with Gasteiger partial charge in [0.05, 0.1) is 7.11 Å². The number of amides is 4. The standard InChI is InChI=1S/C20H22N4O4/c1-28-17-7-5-15-11-24(19(26)18(15)9-17)12-16(23-20(27)22-13-25)6-4-14-3-2-8-21-10-14/h2-3,5,7-10,13,16H,4,6,11-12H2,1H3,(H2,22,23,25,27)/t16-/m1/s1. The number of nitrogens with one attached hydrogen (secondary N) is 2. The number of urea groups is 1. The Morgan fingerprint density at radius 1 is 1.39 bits per heavy atom. The molecule has 1 aliphatic rings. The van der Waals surface area contributed by atoms with Gasteiger partial charge in [-0.2, -0.15) is 0 Å². The fraction of sp³-hybridized carbons (Fsp3) is 0.300. The van der Waals surface area contributed by atoms with Crippen molar-refractivity contribution in [2.45, 2.75) is 25.4 Å². The third kappa shape index (κ3) is 4.64.